The van der Waals surface area contributed by atoms with Crippen LogP contribution in [-0.4, -0.2) is 32.0 Å². The van der Waals surface area contributed by atoms with E-state index < -0.39 is 12.1 Å². The molecular formula is C7H11F3O3. The Hall–Kier alpha value is -0.780. The van der Waals surface area contributed by atoms with Gasteiger partial charge in [0.05, 0.1) is 6.61 Å². The lowest BCUT2D eigenvalue weighted by Crippen LogP contribution is -2.25. The molecule has 0 fully saturated rings. The van der Waals surface area contributed by atoms with Gasteiger partial charge in [0.2, 0.25) is 0 Å². The molecule has 0 aliphatic rings. The fraction of sp³-hybridized carbons (Fsp3) is 0.857. The van der Waals surface area contributed by atoms with Crippen LogP contribution in [0.3, 0.4) is 0 Å². The molecule has 3 nitrogen and oxygen atoms in total. The zero-order valence-corrected chi connectivity index (χ0v) is 7.19. The van der Waals surface area contributed by atoms with Gasteiger partial charge in [-0.15, -0.1) is 0 Å². The number of esters is 1. The second-order valence-corrected chi connectivity index (χ2v) is 2.18. The van der Waals surface area contributed by atoms with Gasteiger partial charge in [0.1, 0.15) is 0 Å². The fourth-order valence-electron chi connectivity index (χ4n) is 0.552. The van der Waals surface area contributed by atoms with E-state index in [1.807, 2.05) is 0 Å². The van der Waals surface area contributed by atoms with Gasteiger partial charge in [-0.25, -0.2) is 4.79 Å². The predicted molar refractivity (Wildman–Crippen MR) is 38.1 cm³/mol. The van der Waals surface area contributed by atoms with Crippen LogP contribution in [0.15, 0.2) is 0 Å². The summed E-state index contributed by atoms with van der Waals surface area (Å²) in [6.07, 6.45) is -4.62. The molecule has 0 heterocycles. The van der Waals surface area contributed by atoms with Crippen molar-refractivity contribution < 1.29 is 27.4 Å². The highest BCUT2D eigenvalue weighted by atomic mass is 19.4. The van der Waals surface area contributed by atoms with Crippen LogP contribution in [0, 0.1) is 0 Å². The Morgan fingerprint density at radius 2 is 1.92 bits per heavy atom. The highest BCUT2D eigenvalue weighted by molar-refractivity contribution is 5.75. The number of ether oxygens (including phenoxy) is 2. The van der Waals surface area contributed by atoms with Crippen molar-refractivity contribution in [3.63, 3.8) is 0 Å². The SMILES string of the molecule is CCOCCCOC(=O)C(F)(F)F. The molecule has 78 valence electrons. The van der Waals surface area contributed by atoms with Gasteiger partial charge in [0, 0.05) is 19.6 Å². The lowest BCUT2D eigenvalue weighted by Gasteiger charge is -2.06. The van der Waals surface area contributed by atoms with Crippen LogP contribution < -0.4 is 0 Å². The molecule has 0 aromatic rings. The number of hydrogen-bond donors (Lipinski definition) is 0. The van der Waals surface area contributed by atoms with Crippen molar-refractivity contribution in [1.82, 2.24) is 0 Å². The van der Waals surface area contributed by atoms with E-state index in [1.54, 1.807) is 6.92 Å². The molecule has 0 aliphatic carbocycles. The third kappa shape index (κ3) is 6.39. The number of carbonyl (C=O) groups is 1. The van der Waals surface area contributed by atoms with Gasteiger partial charge in [-0.3, -0.25) is 0 Å². The third-order valence-electron chi connectivity index (χ3n) is 1.10. The monoisotopic (exact) mass is 200 g/mol. The van der Waals surface area contributed by atoms with Gasteiger partial charge in [-0.05, 0) is 6.92 Å². The van der Waals surface area contributed by atoms with Crippen molar-refractivity contribution in [1.29, 1.82) is 0 Å². The minimum Gasteiger partial charge on any atom is -0.459 e. The first-order valence-electron chi connectivity index (χ1n) is 3.80. The summed E-state index contributed by atoms with van der Waals surface area (Å²) in [6.45, 7) is 2.29. The summed E-state index contributed by atoms with van der Waals surface area (Å²) < 4.78 is 43.3. The van der Waals surface area contributed by atoms with Crippen LogP contribution in [0.5, 0.6) is 0 Å². The topological polar surface area (TPSA) is 35.5 Å². The molecule has 0 aliphatic heterocycles. The molecule has 6 heteroatoms. The lowest BCUT2D eigenvalue weighted by atomic mass is 10.5. The number of rotatable bonds is 5. The standard InChI is InChI=1S/C7H11F3O3/c1-2-12-4-3-5-13-6(11)7(8,9)10/h2-5H2,1H3. The number of hydrogen-bond acceptors (Lipinski definition) is 3. The summed E-state index contributed by atoms with van der Waals surface area (Å²) in [7, 11) is 0. The first-order chi connectivity index (χ1) is 5.98. The second-order valence-electron chi connectivity index (χ2n) is 2.18. The normalized spacial score (nSPS) is 11.4. The minimum absolute atomic E-state index is 0.266. The van der Waals surface area contributed by atoms with Crippen LogP contribution >= 0.6 is 0 Å². The lowest BCUT2D eigenvalue weighted by molar-refractivity contribution is -0.199. The molecule has 0 bridgehead atoms. The summed E-state index contributed by atoms with van der Waals surface area (Å²) in [6, 6.07) is 0. The van der Waals surface area contributed by atoms with Gasteiger partial charge in [-0.2, -0.15) is 13.2 Å². The number of alkyl halides is 3. The summed E-state index contributed by atoms with van der Waals surface area (Å²) in [4.78, 5) is 10.1. The van der Waals surface area contributed by atoms with E-state index in [9.17, 15) is 18.0 Å². The average Bonchev–Trinajstić information content (AvgIpc) is 2.02. The quantitative estimate of drug-likeness (QED) is 0.498. The van der Waals surface area contributed by atoms with Crippen molar-refractivity contribution in [3.8, 4) is 0 Å². The van der Waals surface area contributed by atoms with Crippen molar-refractivity contribution >= 4 is 5.97 Å². The third-order valence-corrected chi connectivity index (χ3v) is 1.10. The van der Waals surface area contributed by atoms with Crippen molar-refractivity contribution in [2.75, 3.05) is 19.8 Å². The predicted octanol–water partition coefficient (Wildman–Crippen LogP) is 1.52. The Bertz CT molecular complexity index is 156. The maximum absolute atomic E-state index is 11.5. The molecule has 0 amide bonds. The summed E-state index contributed by atoms with van der Waals surface area (Å²) in [5.74, 6) is -2.15. The Kier molecular flexibility index (Phi) is 5.45. The molecule has 0 rings (SSSR count). The summed E-state index contributed by atoms with van der Waals surface area (Å²) >= 11 is 0. The molecule has 0 N–H and O–H groups in total. The van der Waals surface area contributed by atoms with Crippen LogP contribution in [-0.2, 0) is 14.3 Å². The van der Waals surface area contributed by atoms with E-state index in [1.165, 1.54) is 0 Å². The van der Waals surface area contributed by atoms with Gasteiger partial charge < -0.3 is 9.47 Å². The van der Waals surface area contributed by atoms with E-state index in [4.69, 9.17) is 4.74 Å². The summed E-state index contributed by atoms with van der Waals surface area (Å²) in [5.41, 5.74) is 0. The molecular weight excluding hydrogens is 189 g/mol. The summed E-state index contributed by atoms with van der Waals surface area (Å²) in [5, 5.41) is 0. The van der Waals surface area contributed by atoms with E-state index >= 15 is 0 Å². The fourth-order valence-corrected chi connectivity index (χ4v) is 0.552. The van der Waals surface area contributed by atoms with Gasteiger partial charge in [0.15, 0.2) is 0 Å². The molecule has 0 saturated heterocycles. The van der Waals surface area contributed by atoms with Crippen LogP contribution in [0.1, 0.15) is 13.3 Å². The molecule has 0 aromatic heterocycles. The van der Waals surface area contributed by atoms with E-state index in [0.29, 0.717) is 13.2 Å². The minimum atomic E-state index is -4.90. The largest absolute Gasteiger partial charge is 0.490 e. The first-order valence-corrected chi connectivity index (χ1v) is 3.80. The Morgan fingerprint density at radius 1 is 1.31 bits per heavy atom. The van der Waals surface area contributed by atoms with Crippen molar-refractivity contribution in [3.05, 3.63) is 0 Å². The van der Waals surface area contributed by atoms with Gasteiger partial charge >= 0.3 is 12.1 Å². The molecule has 13 heavy (non-hydrogen) atoms. The zero-order chi connectivity index (χ0) is 10.3. The average molecular weight is 200 g/mol. The van der Waals surface area contributed by atoms with Crippen LogP contribution in [0.25, 0.3) is 0 Å². The maximum atomic E-state index is 11.5. The van der Waals surface area contributed by atoms with E-state index in [2.05, 4.69) is 4.74 Å². The second kappa shape index (κ2) is 5.80. The maximum Gasteiger partial charge on any atom is 0.490 e. The Labute approximate surface area is 73.8 Å². The van der Waals surface area contributed by atoms with Gasteiger partial charge in [0.25, 0.3) is 0 Å². The molecule has 0 radical (unpaired) electrons. The molecule has 0 aromatic carbocycles. The van der Waals surface area contributed by atoms with Crippen molar-refractivity contribution in [2.24, 2.45) is 0 Å². The zero-order valence-electron chi connectivity index (χ0n) is 7.19. The Balaban J connectivity index is 3.38. The van der Waals surface area contributed by atoms with E-state index in [0.717, 1.165) is 0 Å². The first kappa shape index (κ1) is 12.2. The molecule has 0 unspecified atom stereocenters. The Morgan fingerprint density at radius 3 is 2.38 bits per heavy atom. The molecule has 0 saturated carbocycles. The highest BCUT2D eigenvalue weighted by Crippen LogP contribution is 2.16. The van der Waals surface area contributed by atoms with Crippen molar-refractivity contribution in [2.45, 2.75) is 19.5 Å². The van der Waals surface area contributed by atoms with Gasteiger partial charge in [-0.1, -0.05) is 0 Å². The molecule has 0 spiro atoms. The van der Waals surface area contributed by atoms with Crippen LogP contribution in [0.4, 0.5) is 13.2 Å². The molecule has 0 atom stereocenters. The number of halogens is 3. The number of carbonyl (C=O) groups excluding carboxylic acids is 1. The smallest absolute Gasteiger partial charge is 0.459 e. The van der Waals surface area contributed by atoms with Crippen LogP contribution in [0.2, 0.25) is 0 Å². The highest BCUT2D eigenvalue weighted by Gasteiger charge is 2.40. The van der Waals surface area contributed by atoms with E-state index in [-0.39, 0.29) is 13.0 Å².